The summed E-state index contributed by atoms with van der Waals surface area (Å²) in [5.41, 5.74) is 2.60. The summed E-state index contributed by atoms with van der Waals surface area (Å²) < 4.78 is 0. The largest absolute Gasteiger partial charge is 0.335 e. The lowest BCUT2D eigenvalue weighted by Crippen LogP contribution is -3.16. The zero-order valence-corrected chi connectivity index (χ0v) is 13.8. The first-order chi connectivity index (χ1) is 11.0. The van der Waals surface area contributed by atoms with Gasteiger partial charge < -0.3 is 9.80 Å². The van der Waals surface area contributed by atoms with Gasteiger partial charge in [-0.05, 0) is 12.1 Å². The average molecular weight is 315 g/mol. The molecule has 0 amide bonds. The topological polar surface area (TPSA) is 52.0 Å². The Morgan fingerprint density at radius 1 is 0.870 bits per heavy atom. The summed E-state index contributed by atoms with van der Waals surface area (Å²) >= 11 is 0. The number of hydrogen-bond donors (Lipinski definition) is 2. The van der Waals surface area contributed by atoms with Crippen molar-refractivity contribution in [3.8, 4) is 0 Å². The van der Waals surface area contributed by atoms with Crippen LogP contribution in [0.2, 0.25) is 0 Å². The molecule has 2 aromatic rings. The molecule has 2 rings (SSSR count). The van der Waals surface area contributed by atoms with E-state index in [4.69, 9.17) is 0 Å². The SMILES string of the molecule is C[NH+](C)CC[NH+](Cc1ccccc1)Cc1ccc([N+](=O)[O-])cc1. The molecule has 0 radical (unpaired) electrons. The van der Waals surface area contributed by atoms with Crippen LogP contribution >= 0.6 is 0 Å². The van der Waals surface area contributed by atoms with Crippen molar-refractivity contribution in [2.24, 2.45) is 0 Å². The molecule has 0 bridgehead atoms. The van der Waals surface area contributed by atoms with E-state index in [1.54, 1.807) is 12.1 Å². The molecule has 122 valence electrons. The Bertz CT molecular complexity index is 612. The van der Waals surface area contributed by atoms with Crippen LogP contribution in [0.4, 0.5) is 5.69 Å². The number of nitrogens with one attached hydrogen (secondary N) is 2. The summed E-state index contributed by atoms with van der Waals surface area (Å²) in [6, 6.07) is 17.4. The first-order valence-corrected chi connectivity index (χ1v) is 7.94. The molecule has 0 aromatic heterocycles. The summed E-state index contributed by atoms with van der Waals surface area (Å²) in [7, 11) is 4.32. The third kappa shape index (κ3) is 5.81. The third-order valence-electron chi connectivity index (χ3n) is 3.88. The van der Waals surface area contributed by atoms with Crippen LogP contribution < -0.4 is 9.80 Å². The molecule has 2 N–H and O–H groups in total. The van der Waals surface area contributed by atoms with Crippen LogP contribution in [-0.2, 0) is 13.1 Å². The molecule has 0 aliphatic carbocycles. The Morgan fingerprint density at radius 3 is 1.96 bits per heavy atom. The van der Waals surface area contributed by atoms with E-state index in [9.17, 15) is 10.1 Å². The van der Waals surface area contributed by atoms with Crippen LogP contribution in [-0.4, -0.2) is 32.1 Å². The summed E-state index contributed by atoms with van der Waals surface area (Å²) in [6.45, 7) is 3.99. The highest BCUT2D eigenvalue weighted by atomic mass is 16.6. The second-order valence-electron chi connectivity index (χ2n) is 6.22. The Hall–Kier alpha value is -2.24. The third-order valence-corrected chi connectivity index (χ3v) is 3.88. The fraction of sp³-hybridized carbons (Fsp3) is 0.333. The minimum absolute atomic E-state index is 0.149. The molecular formula is C18H25N3O2+2. The van der Waals surface area contributed by atoms with E-state index >= 15 is 0 Å². The molecule has 5 heteroatoms. The van der Waals surface area contributed by atoms with Crippen molar-refractivity contribution in [3.63, 3.8) is 0 Å². The number of likely N-dealkylation sites (N-methyl/N-ethyl adjacent to an activating group) is 1. The van der Waals surface area contributed by atoms with E-state index in [0.717, 1.165) is 31.7 Å². The highest BCUT2D eigenvalue weighted by Crippen LogP contribution is 2.11. The quantitative estimate of drug-likeness (QED) is 0.545. The van der Waals surface area contributed by atoms with Crippen molar-refractivity contribution in [2.75, 3.05) is 27.2 Å². The van der Waals surface area contributed by atoms with E-state index in [1.165, 1.54) is 15.4 Å². The number of benzene rings is 2. The van der Waals surface area contributed by atoms with Crippen molar-refractivity contribution >= 4 is 5.69 Å². The molecule has 23 heavy (non-hydrogen) atoms. The molecule has 5 nitrogen and oxygen atoms in total. The van der Waals surface area contributed by atoms with Crippen molar-refractivity contribution in [1.82, 2.24) is 0 Å². The Balaban J connectivity index is 2.05. The van der Waals surface area contributed by atoms with Crippen LogP contribution in [0, 0.1) is 10.1 Å². The zero-order valence-electron chi connectivity index (χ0n) is 13.8. The van der Waals surface area contributed by atoms with Crippen LogP contribution in [0.25, 0.3) is 0 Å². The summed E-state index contributed by atoms with van der Waals surface area (Å²) in [5.74, 6) is 0. The van der Waals surface area contributed by atoms with Gasteiger partial charge in [0, 0.05) is 23.3 Å². The van der Waals surface area contributed by atoms with Gasteiger partial charge in [0.25, 0.3) is 5.69 Å². The molecule has 1 atom stereocenters. The predicted octanol–water partition coefficient (Wildman–Crippen LogP) is 0.324. The first kappa shape index (κ1) is 17.1. The standard InChI is InChI=1S/C18H23N3O2/c1-19(2)12-13-20(14-16-6-4-3-5-7-16)15-17-8-10-18(11-9-17)21(22)23/h3-11H,12-15H2,1-2H3/p+2. The predicted molar refractivity (Wildman–Crippen MR) is 90.5 cm³/mol. The fourth-order valence-electron chi connectivity index (χ4n) is 2.57. The lowest BCUT2D eigenvalue weighted by molar-refractivity contribution is -0.960. The highest BCUT2D eigenvalue weighted by Gasteiger charge is 2.13. The molecule has 0 saturated carbocycles. The Labute approximate surface area is 137 Å². The molecule has 1 unspecified atom stereocenters. The molecule has 0 fully saturated rings. The van der Waals surface area contributed by atoms with E-state index in [1.807, 2.05) is 18.2 Å². The van der Waals surface area contributed by atoms with Crippen molar-refractivity contribution in [3.05, 3.63) is 75.8 Å². The maximum Gasteiger partial charge on any atom is 0.269 e. The van der Waals surface area contributed by atoms with Crippen LogP contribution in [0.15, 0.2) is 54.6 Å². The normalized spacial score (nSPS) is 12.3. The van der Waals surface area contributed by atoms with Crippen molar-refractivity contribution in [2.45, 2.75) is 13.1 Å². The Kier molecular flexibility index (Phi) is 6.26. The molecular weight excluding hydrogens is 290 g/mol. The summed E-state index contributed by atoms with van der Waals surface area (Å²) in [5, 5.41) is 10.8. The monoisotopic (exact) mass is 315 g/mol. The number of nitrogens with zero attached hydrogens (tertiary/aromatic N) is 1. The molecule has 0 aliphatic rings. The smallest absolute Gasteiger partial charge is 0.269 e. The molecule has 0 saturated heterocycles. The molecule has 0 aliphatic heterocycles. The van der Waals surface area contributed by atoms with Gasteiger partial charge in [0.05, 0.1) is 19.0 Å². The minimum atomic E-state index is -0.353. The number of rotatable bonds is 8. The van der Waals surface area contributed by atoms with Gasteiger partial charge in [-0.2, -0.15) is 0 Å². The van der Waals surface area contributed by atoms with E-state index in [2.05, 4.69) is 38.4 Å². The van der Waals surface area contributed by atoms with Gasteiger partial charge in [0.1, 0.15) is 26.2 Å². The number of nitro benzene ring substituents is 1. The second-order valence-corrected chi connectivity index (χ2v) is 6.22. The summed E-state index contributed by atoms with van der Waals surface area (Å²) in [6.07, 6.45) is 0. The van der Waals surface area contributed by atoms with Crippen LogP contribution in [0.3, 0.4) is 0 Å². The molecule has 2 aromatic carbocycles. The van der Waals surface area contributed by atoms with Crippen LogP contribution in [0.5, 0.6) is 0 Å². The maximum atomic E-state index is 10.8. The van der Waals surface area contributed by atoms with Crippen molar-refractivity contribution in [1.29, 1.82) is 0 Å². The number of hydrogen-bond acceptors (Lipinski definition) is 2. The van der Waals surface area contributed by atoms with Gasteiger partial charge in [-0.25, -0.2) is 0 Å². The lowest BCUT2D eigenvalue weighted by atomic mass is 10.1. The summed E-state index contributed by atoms with van der Waals surface area (Å²) in [4.78, 5) is 13.3. The Morgan fingerprint density at radius 2 is 1.43 bits per heavy atom. The van der Waals surface area contributed by atoms with Gasteiger partial charge in [0.2, 0.25) is 0 Å². The van der Waals surface area contributed by atoms with E-state index in [0.29, 0.717) is 0 Å². The maximum absolute atomic E-state index is 10.8. The lowest BCUT2D eigenvalue weighted by Gasteiger charge is -2.20. The van der Waals surface area contributed by atoms with E-state index < -0.39 is 0 Å². The van der Waals surface area contributed by atoms with Crippen LogP contribution in [0.1, 0.15) is 11.1 Å². The van der Waals surface area contributed by atoms with Gasteiger partial charge in [-0.3, -0.25) is 10.1 Å². The van der Waals surface area contributed by atoms with Gasteiger partial charge in [0.15, 0.2) is 0 Å². The fourth-order valence-corrected chi connectivity index (χ4v) is 2.57. The van der Waals surface area contributed by atoms with E-state index in [-0.39, 0.29) is 10.6 Å². The molecule has 0 spiro atoms. The van der Waals surface area contributed by atoms with Crippen molar-refractivity contribution < 1.29 is 14.7 Å². The van der Waals surface area contributed by atoms with Gasteiger partial charge in [-0.15, -0.1) is 0 Å². The van der Waals surface area contributed by atoms with Gasteiger partial charge >= 0.3 is 0 Å². The average Bonchev–Trinajstić information content (AvgIpc) is 2.54. The zero-order chi connectivity index (χ0) is 16.7. The number of nitro groups is 1. The first-order valence-electron chi connectivity index (χ1n) is 7.94. The highest BCUT2D eigenvalue weighted by molar-refractivity contribution is 5.32. The second kappa shape index (κ2) is 8.41. The number of quaternary nitrogens is 2. The van der Waals surface area contributed by atoms with Gasteiger partial charge in [-0.1, -0.05) is 30.3 Å². The number of non-ortho nitro benzene ring substituents is 1. The minimum Gasteiger partial charge on any atom is -0.335 e. The molecule has 0 heterocycles.